The lowest BCUT2D eigenvalue weighted by atomic mass is 9.98. The molecule has 0 saturated carbocycles. The van der Waals surface area contributed by atoms with Gasteiger partial charge in [0.05, 0.1) is 18.3 Å². The van der Waals surface area contributed by atoms with E-state index in [0.29, 0.717) is 5.92 Å². The molecular formula is C8H16O2. The molecule has 0 aromatic carbocycles. The van der Waals surface area contributed by atoms with Crippen molar-refractivity contribution in [2.24, 2.45) is 5.92 Å². The molecule has 10 heavy (non-hydrogen) atoms. The lowest BCUT2D eigenvalue weighted by Crippen LogP contribution is -2.24. The average molecular weight is 144 g/mol. The Hall–Kier alpha value is -0.0800. The molecule has 1 heterocycles. The molecule has 60 valence electrons. The van der Waals surface area contributed by atoms with Gasteiger partial charge in [0, 0.05) is 5.92 Å². The Morgan fingerprint density at radius 3 is 2.20 bits per heavy atom. The van der Waals surface area contributed by atoms with Crippen LogP contribution in [-0.2, 0) is 4.74 Å². The summed E-state index contributed by atoms with van der Waals surface area (Å²) in [4.78, 5) is 0. The van der Waals surface area contributed by atoms with Gasteiger partial charge in [-0.25, -0.2) is 0 Å². The maximum absolute atomic E-state index is 9.50. The Kier molecular flexibility index (Phi) is 2.32. The fraction of sp³-hybridized carbons (Fsp3) is 1.00. The third kappa shape index (κ3) is 1.18. The van der Waals surface area contributed by atoms with Crippen molar-refractivity contribution in [2.75, 3.05) is 0 Å². The zero-order valence-electron chi connectivity index (χ0n) is 6.87. The van der Waals surface area contributed by atoms with Crippen LogP contribution in [0.4, 0.5) is 0 Å². The number of aliphatic hydroxyl groups is 1. The van der Waals surface area contributed by atoms with Gasteiger partial charge in [0.1, 0.15) is 0 Å². The van der Waals surface area contributed by atoms with Gasteiger partial charge in [-0.3, -0.25) is 0 Å². The summed E-state index contributed by atoms with van der Waals surface area (Å²) in [5.74, 6) is 0.296. The molecule has 2 heteroatoms. The predicted octanol–water partition coefficient (Wildman–Crippen LogP) is 1.18. The van der Waals surface area contributed by atoms with Gasteiger partial charge in [0.25, 0.3) is 0 Å². The minimum Gasteiger partial charge on any atom is -0.390 e. The smallest absolute Gasteiger partial charge is 0.0851 e. The SMILES string of the molecule is CC[C@H]1O[C@@H](C)[C@@H](C)C1O. The Balaban J connectivity index is 2.53. The van der Waals surface area contributed by atoms with Crippen LogP contribution in [0.1, 0.15) is 27.2 Å². The highest BCUT2D eigenvalue weighted by atomic mass is 16.5. The van der Waals surface area contributed by atoms with Crippen LogP contribution in [0.25, 0.3) is 0 Å². The summed E-state index contributed by atoms with van der Waals surface area (Å²) in [7, 11) is 0. The lowest BCUT2D eigenvalue weighted by Gasteiger charge is -2.11. The van der Waals surface area contributed by atoms with Crippen LogP contribution in [0.5, 0.6) is 0 Å². The van der Waals surface area contributed by atoms with Crippen molar-refractivity contribution >= 4 is 0 Å². The quantitative estimate of drug-likeness (QED) is 0.599. The minimum absolute atomic E-state index is 0.0741. The summed E-state index contributed by atoms with van der Waals surface area (Å²) in [6, 6.07) is 0. The van der Waals surface area contributed by atoms with Gasteiger partial charge in [-0.2, -0.15) is 0 Å². The average Bonchev–Trinajstić information content (AvgIpc) is 2.17. The van der Waals surface area contributed by atoms with E-state index in [0.717, 1.165) is 6.42 Å². The number of aliphatic hydroxyl groups excluding tert-OH is 1. The first-order chi connectivity index (χ1) is 4.66. The van der Waals surface area contributed by atoms with Crippen LogP contribution in [-0.4, -0.2) is 23.4 Å². The van der Waals surface area contributed by atoms with E-state index in [2.05, 4.69) is 0 Å². The van der Waals surface area contributed by atoms with Crippen LogP contribution < -0.4 is 0 Å². The van der Waals surface area contributed by atoms with Gasteiger partial charge in [-0.05, 0) is 13.3 Å². The molecule has 0 aliphatic carbocycles. The highest BCUT2D eigenvalue weighted by Gasteiger charge is 2.36. The van der Waals surface area contributed by atoms with E-state index >= 15 is 0 Å². The van der Waals surface area contributed by atoms with E-state index in [1.165, 1.54) is 0 Å². The molecule has 1 rings (SSSR count). The third-order valence-electron chi connectivity index (χ3n) is 2.45. The Morgan fingerprint density at radius 2 is 2.00 bits per heavy atom. The molecule has 1 unspecified atom stereocenters. The Labute approximate surface area is 62.2 Å². The molecule has 0 aromatic rings. The van der Waals surface area contributed by atoms with Crippen LogP contribution in [0.2, 0.25) is 0 Å². The summed E-state index contributed by atoms with van der Waals surface area (Å²) in [6.07, 6.45) is 0.959. The zero-order valence-corrected chi connectivity index (χ0v) is 6.87. The first kappa shape index (κ1) is 8.02. The van der Waals surface area contributed by atoms with E-state index in [1.54, 1.807) is 0 Å². The molecule has 1 aliphatic rings. The fourth-order valence-corrected chi connectivity index (χ4v) is 1.43. The van der Waals surface area contributed by atoms with E-state index in [1.807, 2.05) is 20.8 Å². The molecule has 4 atom stereocenters. The van der Waals surface area contributed by atoms with Gasteiger partial charge in [-0.15, -0.1) is 0 Å². The summed E-state index contributed by atoms with van der Waals surface area (Å²) in [5, 5.41) is 9.50. The molecular weight excluding hydrogens is 128 g/mol. The van der Waals surface area contributed by atoms with Crippen LogP contribution in [0.3, 0.4) is 0 Å². The second-order valence-electron chi connectivity index (χ2n) is 3.14. The van der Waals surface area contributed by atoms with Crippen LogP contribution >= 0.6 is 0 Å². The zero-order chi connectivity index (χ0) is 7.72. The summed E-state index contributed by atoms with van der Waals surface area (Å²) in [5.41, 5.74) is 0. The molecule has 1 saturated heterocycles. The first-order valence-corrected chi connectivity index (χ1v) is 4.00. The molecule has 0 spiro atoms. The van der Waals surface area contributed by atoms with Crippen molar-refractivity contribution < 1.29 is 9.84 Å². The second kappa shape index (κ2) is 2.89. The molecule has 2 nitrogen and oxygen atoms in total. The maximum atomic E-state index is 9.50. The van der Waals surface area contributed by atoms with Crippen molar-refractivity contribution in [3.8, 4) is 0 Å². The van der Waals surface area contributed by atoms with Gasteiger partial charge in [-0.1, -0.05) is 13.8 Å². The molecule has 0 amide bonds. The van der Waals surface area contributed by atoms with Gasteiger partial charge in [0.15, 0.2) is 0 Å². The van der Waals surface area contributed by atoms with E-state index in [4.69, 9.17) is 4.74 Å². The van der Waals surface area contributed by atoms with Gasteiger partial charge < -0.3 is 9.84 Å². The topological polar surface area (TPSA) is 29.5 Å². The van der Waals surface area contributed by atoms with Gasteiger partial charge >= 0.3 is 0 Å². The molecule has 1 aliphatic heterocycles. The largest absolute Gasteiger partial charge is 0.390 e. The Bertz CT molecular complexity index is 114. The van der Waals surface area contributed by atoms with Crippen molar-refractivity contribution in [2.45, 2.75) is 45.5 Å². The summed E-state index contributed by atoms with van der Waals surface area (Å²) in [6.45, 7) is 6.09. The van der Waals surface area contributed by atoms with E-state index in [9.17, 15) is 5.11 Å². The molecule has 1 fully saturated rings. The molecule has 0 radical (unpaired) electrons. The first-order valence-electron chi connectivity index (χ1n) is 4.00. The van der Waals surface area contributed by atoms with Crippen LogP contribution in [0.15, 0.2) is 0 Å². The monoisotopic (exact) mass is 144 g/mol. The molecule has 0 bridgehead atoms. The fourth-order valence-electron chi connectivity index (χ4n) is 1.43. The lowest BCUT2D eigenvalue weighted by molar-refractivity contribution is 0.0144. The van der Waals surface area contributed by atoms with E-state index < -0.39 is 0 Å². The predicted molar refractivity (Wildman–Crippen MR) is 39.8 cm³/mol. The second-order valence-corrected chi connectivity index (χ2v) is 3.14. The van der Waals surface area contributed by atoms with Crippen molar-refractivity contribution in [1.82, 2.24) is 0 Å². The highest BCUT2D eigenvalue weighted by Crippen LogP contribution is 2.27. The summed E-state index contributed by atoms with van der Waals surface area (Å²) >= 11 is 0. The number of ether oxygens (including phenoxy) is 1. The number of hydrogen-bond acceptors (Lipinski definition) is 2. The highest BCUT2D eigenvalue weighted by molar-refractivity contribution is 4.84. The standard InChI is InChI=1S/C8H16O2/c1-4-7-8(9)5(2)6(3)10-7/h5-9H,4H2,1-3H3/t5-,6+,7-,8?/m1/s1. The maximum Gasteiger partial charge on any atom is 0.0851 e. The van der Waals surface area contributed by atoms with Crippen molar-refractivity contribution in [1.29, 1.82) is 0 Å². The molecule has 1 N–H and O–H groups in total. The Morgan fingerprint density at radius 1 is 1.40 bits per heavy atom. The minimum atomic E-state index is -0.250. The van der Waals surface area contributed by atoms with Crippen molar-refractivity contribution in [3.63, 3.8) is 0 Å². The van der Waals surface area contributed by atoms with Crippen molar-refractivity contribution in [3.05, 3.63) is 0 Å². The summed E-state index contributed by atoms with van der Waals surface area (Å²) < 4.78 is 5.48. The van der Waals surface area contributed by atoms with Gasteiger partial charge in [0.2, 0.25) is 0 Å². The van der Waals surface area contributed by atoms with Crippen LogP contribution in [0, 0.1) is 5.92 Å². The van der Waals surface area contributed by atoms with E-state index in [-0.39, 0.29) is 18.3 Å². The molecule has 0 aromatic heterocycles. The normalized spacial score (nSPS) is 48.0. The number of hydrogen-bond donors (Lipinski definition) is 1. The number of rotatable bonds is 1. The third-order valence-corrected chi connectivity index (χ3v) is 2.45.